The summed E-state index contributed by atoms with van der Waals surface area (Å²) in [6.07, 6.45) is 0.705. The Balaban J connectivity index is 3.10. The van der Waals surface area contributed by atoms with Crippen LogP contribution in [0.4, 0.5) is 0 Å². The Morgan fingerprint density at radius 1 is 1.00 bits per heavy atom. The van der Waals surface area contributed by atoms with E-state index in [1.807, 2.05) is 0 Å². The van der Waals surface area contributed by atoms with E-state index < -0.39 is 11.9 Å². The van der Waals surface area contributed by atoms with E-state index in [4.69, 9.17) is 9.47 Å². The summed E-state index contributed by atoms with van der Waals surface area (Å²) in [5.74, 6) is -1.97. The zero-order chi connectivity index (χ0) is 13.0. The average Bonchev–Trinajstić information content (AvgIpc) is 2.55. The van der Waals surface area contributed by atoms with Crippen molar-refractivity contribution in [2.24, 2.45) is 0 Å². The summed E-state index contributed by atoms with van der Waals surface area (Å²) >= 11 is 0. The van der Waals surface area contributed by atoms with Crippen LogP contribution < -0.4 is 0 Å². The predicted molar refractivity (Wildman–Crippen MR) is 51.2 cm³/mol. The highest BCUT2D eigenvalue weighted by Crippen LogP contribution is 2.23. The molecule has 0 bridgehead atoms. The van der Waals surface area contributed by atoms with E-state index in [2.05, 4.69) is 0 Å². The van der Waals surface area contributed by atoms with E-state index in [1.165, 1.54) is 0 Å². The first kappa shape index (κ1) is 12.7. The zero-order valence-corrected chi connectivity index (χ0v) is 9.21. The van der Waals surface area contributed by atoms with Gasteiger partial charge < -0.3 is 9.47 Å². The van der Waals surface area contributed by atoms with Crippen LogP contribution in [0.25, 0.3) is 0 Å². The van der Waals surface area contributed by atoms with Crippen molar-refractivity contribution < 1.29 is 28.7 Å². The Kier molecular flexibility index (Phi) is 3.81. The number of ether oxygens (including phenoxy) is 2. The fraction of sp³-hybridized carbons (Fsp3) is 0.333. The number of hydrogen-bond donors (Lipinski definition) is 0. The third kappa shape index (κ3) is 2.80. The van der Waals surface area contributed by atoms with Crippen molar-refractivity contribution >= 4 is 24.8 Å². The maximum Gasteiger partial charge on any atom is 0.309 e. The predicted octanol–water partition coefficient (Wildman–Crippen LogP) is -0.873. The van der Waals surface area contributed by atoms with Gasteiger partial charge in [-0.05, 0) is 0 Å². The van der Waals surface area contributed by atoms with Crippen molar-refractivity contribution in [1.82, 2.24) is 9.80 Å². The van der Waals surface area contributed by atoms with Crippen molar-refractivity contribution in [3.8, 4) is 0 Å². The molecule has 1 heterocycles. The van der Waals surface area contributed by atoms with Gasteiger partial charge in [0.15, 0.2) is 0 Å². The topological polar surface area (TPSA) is 93.2 Å². The maximum atomic E-state index is 10.8. The van der Waals surface area contributed by atoms with Crippen molar-refractivity contribution in [2.45, 2.75) is 13.8 Å². The van der Waals surface area contributed by atoms with Crippen LogP contribution in [0, 0.1) is 0 Å². The second kappa shape index (κ2) is 5.10. The van der Waals surface area contributed by atoms with Crippen molar-refractivity contribution in [2.75, 3.05) is 6.67 Å². The van der Waals surface area contributed by atoms with Crippen molar-refractivity contribution in [3.05, 3.63) is 11.8 Å². The number of esters is 2. The van der Waals surface area contributed by atoms with Crippen LogP contribution in [0.1, 0.15) is 13.8 Å². The second-order valence-corrected chi connectivity index (χ2v) is 3.09. The molecule has 0 atom stereocenters. The molecule has 0 aliphatic carbocycles. The molecule has 1 rings (SSSR count). The Morgan fingerprint density at radius 3 is 1.59 bits per heavy atom. The molecular weight excluding hydrogens is 232 g/mol. The number of amides is 2. The van der Waals surface area contributed by atoms with Crippen molar-refractivity contribution in [3.63, 3.8) is 0 Å². The minimum Gasteiger partial charge on any atom is -0.403 e. The lowest BCUT2D eigenvalue weighted by Gasteiger charge is -2.11. The molecule has 0 aromatic rings. The summed E-state index contributed by atoms with van der Waals surface area (Å²) in [6, 6.07) is 0. The Morgan fingerprint density at radius 2 is 1.35 bits per heavy atom. The minimum absolute atomic E-state index is 0.182. The third-order valence-electron chi connectivity index (χ3n) is 1.74. The number of rotatable bonds is 4. The summed E-state index contributed by atoms with van der Waals surface area (Å²) in [7, 11) is 0. The molecular formula is C9H10N2O6. The summed E-state index contributed by atoms with van der Waals surface area (Å²) in [5.41, 5.74) is 0. The number of carbonyl (C=O) groups excluding carboxylic acids is 4. The van der Waals surface area contributed by atoms with Gasteiger partial charge in [-0.1, -0.05) is 0 Å². The third-order valence-corrected chi connectivity index (χ3v) is 1.74. The summed E-state index contributed by atoms with van der Waals surface area (Å²) in [6.45, 7) is 2.05. The van der Waals surface area contributed by atoms with Crippen molar-refractivity contribution in [1.29, 1.82) is 0 Å². The summed E-state index contributed by atoms with van der Waals surface area (Å²) in [4.78, 5) is 45.0. The monoisotopic (exact) mass is 242 g/mol. The Bertz CT molecular complexity index is 366. The van der Waals surface area contributed by atoms with E-state index in [-0.39, 0.29) is 18.4 Å². The van der Waals surface area contributed by atoms with Gasteiger partial charge in [-0.3, -0.25) is 29.0 Å². The fourth-order valence-electron chi connectivity index (χ4n) is 1.18. The molecule has 17 heavy (non-hydrogen) atoms. The lowest BCUT2D eigenvalue weighted by atomic mass is 10.6. The van der Waals surface area contributed by atoms with Crippen LogP contribution in [0.15, 0.2) is 11.8 Å². The average molecular weight is 242 g/mol. The van der Waals surface area contributed by atoms with E-state index >= 15 is 0 Å². The molecule has 0 aromatic heterocycles. The standard InChI is InChI=1S/C9H10N2O6/c1-6(14)16-8-9(17-7(2)15)11(5-13)3-10(8)4-12/h4-5H,3H2,1-2H3. The van der Waals surface area contributed by atoms with E-state index in [0.29, 0.717) is 12.8 Å². The molecule has 0 fully saturated rings. The lowest BCUT2D eigenvalue weighted by Crippen LogP contribution is -2.27. The smallest absolute Gasteiger partial charge is 0.309 e. The molecule has 0 spiro atoms. The molecule has 2 amide bonds. The van der Waals surface area contributed by atoms with Gasteiger partial charge >= 0.3 is 11.9 Å². The van der Waals surface area contributed by atoms with Gasteiger partial charge in [0.1, 0.15) is 6.67 Å². The molecule has 0 N–H and O–H groups in total. The SMILES string of the molecule is CC(=O)OC1=C(OC(C)=O)N(C=O)CN1C=O. The molecule has 0 unspecified atom stereocenters. The van der Waals surface area contributed by atoms with Crippen LogP contribution in [-0.4, -0.2) is 41.2 Å². The number of nitrogens with zero attached hydrogens (tertiary/aromatic N) is 2. The molecule has 0 saturated carbocycles. The molecule has 92 valence electrons. The molecule has 8 nitrogen and oxygen atoms in total. The Hall–Kier alpha value is -2.38. The van der Waals surface area contributed by atoms with Gasteiger partial charge in [0, 0.05) is 13.8 Å². The molecule has 0 saturated heterocycles. The van der Waals surface area contributed by atoms with Crippen LogP contribution in [-0.2, 0) is 28.7 Å². The molecule has 0 aromatic carbocycles. The quantitative estimate of drug-likeness (QED) is 0.469. The minimum atomic E-state index is -0.704. The van der Waals surface area contributed by atoms with Crippen LogP contribution >= 0.6 is 0 Å². The Labute approximate surface area is 96.4 Å². The fourth-order valence-corrected chi connectivity index (χ4v) is 1.18. The summed E-state index contributed by atoms with van der Waals surface area (Å²) < 4.78 is 9.44. The van der Waals surface area contributed by atoms with Gasteiger partial charge in [-0.25, -0.2) is 0 Å². The zero-order valence-electron chi connectivity index (χ0n) is 9.21. The van der Waals surface area contributed by atoms with Gasteiger partial charge in [0.05, 0.1) is 0 Å². The first-order valence-corrected chi connectivity index (χ1v) is 4.54. The van der Waals surface area contributed by atoms with Gasteiger partial charge in [0.2, 0.25) is 12.8 Å². The highest BCUT2D eigenvalue weighted by molar-refractivity contribution is 5.71. The van der Waals surface area contributed by atoms with Gasteiger partial charge in [-0.2, -0.15) is 0 Å². The van der Waals surface area contributed by atoms with Gasteiger partial charge in [0.25, 0.3) is 11.8 Å². The molecule has 1 aliphatic heterocycles. The van der Waals surface area contributed by atoms with Crippen LogP contribution in [0.3, 0.4) is 0 Å². The van der Waals surface area contributed by atoms with E-state index in [1.54, 1.807) is 0 Å². The first-order chi connectivity index (χ1) is 7.99. The highest BCUT2D eigenvalue weighted by Gasteiger charge is 2.34. The van der Waals surface area contributed by atoms with Gasteiger partial charge in [-0.15, -0.1) is 0 Å². The van der Waals surface area contributed by atoms with E-state index in [0.717, 1.165) is 23.6 Å². The van der Waals surface area contributed by atoms with Crippen LogP contribution in [0.5, 0.6) is 0 Å². The normalized spacial score (nSPS) is 14.7. The second-order valence-electron chi connectivity index (χ2n) is 3.09. The van der Waals surface area contributed by atoms with E-state index in [9.17, 15) is 19.2 Å². The number of hydrogen-bond acceptors (Lipinski definition) is 6. The molecule has 1 aliphatic rings. The number of carbonyl (C=O) groups is 4. The summed E-state index contributed by atoms with van der Waals surface area (Å²) in [5, 5.41) is 0. The molecule has 0 radical (unpaired) electrons. The van der Waals surface area contributed by atoms with Crippen LogP contribution in [0.2, 0.25) is 0 Å². The molecule has 8 heteroatoms. The highest BCUT2D eigenvalue weighted by atomic mass is 16.6. The maximum absolute atomic E-state index is 10.8. The largest absolute Gasteiger partial charge is 0.403 e. The first-order valence-electron chi connectivity index (χ1n) is 4.54. The lowest BCUT2D eigenvalue weighted by molar-refractivity contribution is -0.144.